The van der Waals surface area contributed by atoms with Gasteiger partial charge in [-0.2, -0.15) is 0 Å². The van der Waals surface area contributed by atoms with Gasteiger partial charge in [-0.25, -0.2) is 4.98 Å². The maximum absolute atomic E-state index is 13.5. The van der Waals surface area contributed by atoms with Crippen LogP contribution in [0.5, 0.6) is 23.0 Å². The first-order chi connectivity index (χ1) is 20.0. The minimum absolute atomic E-state index is 0.00739. The summed E-state index contributed by atoms with van der Waals surface area (Å²) in [7, 11) is 1.55. The van der Waals surface area contributed by atoms with Crippen LogP contribution in [0.15, 0.2) is 60.7 Å². The van der Waals surface area contributed by atoms with Crippen LogP contribution >= 0.6 is 0 Å². The van der Waals surface area contributed by atoms with Crippen LogP contribution in [0.1, 0.15) is 49.8 Å². The molecule has 0 aliphatic carbocycles. The van der Waals surface area contributed by atoms with Crippen molar-refractivity contribution in [2.45, 2.75) is 45.2 Å². The highest BCUT2D eigenvalue weighted by atomic mass is 16.6. The minimum Gasteiger partial charge on any atom is -0.507 e. The molecule has 1 N–H and O–H groups in total. The van der Waals surface area contributed by atoms with Crippen LogP contribution in [-0.2, 0) is 16.1 Å². The van der Waals surface area contributed by atoms with Gasteiger partial charge in [0.1, 0.15) is 19.0 Å². The molecular weight excluding hydrogens is 526 g/mol. The molecule has 1 aromatic heterocycles. The molecule has 5 rings (SSSR count). The third-order valence-corrected chi connectivity index (χ3v) is 7.24. The quantitative estimate of drug-likeness (QED) is 0.146. The Morgan fingerprint density at radius 1 is 1.02 bits per heavy atom. The SMILES string of the molecule is CCCCCOc1ccc(C2C(=C(O)c3ccc4c(c3)OCCO4)C(=O)C(=O)N2CCCn2ccnc2)cc1OC. The molecule has 0 saturated carbocycles. The van der Waals surface area contributed by atoms with Crippen LogP contribution in [0.3, 0.4) is 0 Å². The number of aryl methyl sites for hydroxylation is 1. The predicted octanol–water partition coefficient (Wildman–Crippen LogP) is 4.74. The van der Waals surface area contributed by atoms with Crippen molar-refractivity contribution in [1.29, 1.82) is 0 Å². The van der Waals surface area contributed by atoms with Crippen molar-refractivity contribution >= 4 is 17.4 Å². The summed E-state index contributed by atoms with van der Waals surface area (Å²) in [6.07, 6.45) is 8.90. The number of ketones is 1. The van der Waals surface area contributed by atoms with Crippen molar-refractivity contribution in [3.63, 3.8) is 0 Å². The molecule has 216 valence electrons. The number of imidazole rings is 1. The second-order valence-corrected chi connectivity index (χ2v) is 9.97. The Bertz CT molecular complexity index is 1420. The molecular formula is C31H35N3O7. The molecule has 1 atom stereocenters. The number of aliphatic hydroxyl groups is 1. The number of unbranched alkanes of at least 4 members (excludes halogenated alkanes) is 2. The molecule has 10 nitrogen and oxygen atoms in total. The van der Waals surface area contributed by atoms with Crippen LogP contribution in [0, 0.1) is 0 Å². The minimum atomic E-state index is -0.825. The van der Waals surface area contributed by atoms with Crippen LogP contribution in [-0.4, -0.2) is 64.7 Å². The number of aromatic nitrogens is 2. The molecule has 2 aliphatic rings. The van der Waals surface area contributed by atoms with Crippen molar-refractivity contribution in [3.8, 4) is 23.0 Å². The third kappa shape index (κ3) is 6.01. The van der Waals surface area contributed by atoms with E-state index in [1.165, 1.54) is 4.90 Å². The first kappa shape index (κ1) is 28.1. The van der Waals surface area contributed by atoms with Crippen molar-refractivity contribution in [2.75, 3.05) is 33.5 Å². The molecule has 3 heterocycles. The molecule has 2 aromatic carbocycles. The standard InChI is InChI=1S/C31H35N3O7/c1-3-4-5-15-39-23-9-7-21(18-25(23)38-2)28-27(29(35)22-8-10-24-26(19-22)41-17-16-40-24)30(36)31(37)34(28)13-6-12-33-14-11-32-20-33/h7-11,14,18-20,28,35H,3-6,12-13,15-17H2,1-2H3. The Morgan fingerprint density at radius 3 is 2.61 bits per heavy atom. The first-order valence-corrected chi connectivity index (χ1v) is 14.0. The third-order valence-electron chi connectivity index (χ3n) is 7.24. The number of carbonyl (C=O) groups is 2. The van der Waals surface area contributed by atoms with E-state index < -0.39 is 17.7 Å². The van der Waals surface area contributed by atoms with Crippen molar-refractivity contribution < 1.29 is 33.6 Å². The number of hydrogen-bond donors (Lipinski definition) is 1. The molecule has 41 heavy (non-hydrogen) atoms. The van der Waals surface area contributed by atoms with E-state index in [0.717, 1.165) is 19.3 Å². The fourth-order valence-corrected chi connectivity index (χ4v) is 5.15. The Kier molecular flexibility index (Phi) is 8.76. The zero-order valence-electron chi connectivity index (χ0n) is 23.4. The molecule has 10 heteroatoms. The number of Topliss-reactive ketones (excluding diaryl/α,β-unsaturated/α-hetero) is 1. The molecule has 0 spiro atoms. The normalized spacial score (nSPS) is 17.6. The summed E-state index contributed by atoms with van der Waals surface area (Å²) in [5, 5.41) is 11.5. The average Bonchev–Trinajstić information content (AvgIpc) is 3.61. The van der Waals surface area contributed by atoms with Gasteiger partial charge in [0.2, 0.25) is 0 Å². The monoisotopic (exact) mass is 561 g/mol. The fourth-order valence-electron chi connectivity index (χ4n) is 5.15. The van der Waals surface area contributed by atoms with Gasteiger partial charge in [-0.3, -0.25) is 9.59 Å². The van der Waals surface area contributed by atoms with Gasteiger partial charge in [-0.1, -0.05) is 25.8 Å². The molecule has 1 amide bonds. The van der Waals surface area contributed by atoms with Gasteiger partial charge in [0, 0.05) is 31.0 Å². The number of methoxy groups -OCH3 is 1. The van der Waals surface area contributed by atoms with E-state index in [4.69, 9.17) is 18.9 Å². The second-order valence-electron chi connectivity index (χ2n) is 9.97. The van der Waals surface area contributed by atoms with Crippen molar-refractivity contribution in [3.05, 3.63) is 71.8 Å². The maximum atomic E-state index is 13.5. The lowest BCUT2D eigenvalue weighted by Gasteiger charge is -2.26. The van der Waals surface area contributed by atoms with Gasteiger partial charge in [0.05, 0.1) is 31.7 Å². The number of nitrogens with zero attached hydrogens (tertiary/aromatic N) is 3. The Morgan fingerprint density at radius 2 is 1.85 bits per heavy atom. The summed E-state index contributed by atoms with van der Waals surface area (Å²) in [6.45, 7) is 4.41. The lowest BCUT2D eigenvalue weighted by Crippen LogP contribution is -2.31. The maximum Gasteiger partial charge on any atom is 0.295 e. The lowest BCUT2D eigenvalue weighted by atomic mass is 9.94. The number of aliphatic hydroxyl groups excluding tert-OH is 1. The highest BCUT2D eigenvalue weighted by molar-refractivity contribution is 6.46. The number of hydrogen-bond acceptors (Lipinski definition) is 8. The van der Waals surface area contributed by atoms with Crippen LogP contribution in [0.2, 0.25) is 0 Å². The highest BCUT2D eigenvalue weighted by Gasteiger charge is 2.46. The van der Waals surface area contributed by atoms with E-state index in [1.807, 2.05) is 16.8 Å². The predicted molar refractivity (Wildman–Crippen MR) is 151 cm³/mol. The van der Waals surface area contributed by atoms with Crippen LogP contribution in [0.4, 0.5) is 0 Å². The van der Waals surface area contributed by atoms with Crippen molar-refractivity contribution in [1.82, 2.24) is 14.5 Å². The molecule has 1 saturated heterocycles. The molecule has 1 fully saturated rings. The smallest absolute Gasteiger partial charge is 0.295 e. The topological polar surface area (TPSA) is 112 Å². The molecule has 0 bridgehead atoms. The van der Waals surface area contributed by atoms with E-state index in [9.17, 15) is 14.7 Å². The van der Waals surface area contributed by atoms with Crippen LogP contribution in [0.25, 0.3) is 5.76 Å². The van der Waals surface area contributed by atoms with E-state index in [1.54, 1.807) is 50.0 Å². The van der Waals surface area contributed by atoms with E-state index >= 15 is 0 Å². The number of amides is 1. The number of likely N-dealkylation sites (tertiary alicyclic amines) is 1. The number of fused-ring (bicyclic) bond motifs is 1. The zero-order chi connectivity index (χ0) is 28.8. The summed E-state index contributed by atoms with van der Waals surface area (Å²) in [6, 6.07) is 9.51. The van der Waals surface area contributed by atoms with E-state index in [2.05, 4.69) is 11.9 Å². The van der Waals surface area contributed by atoms with Gasteiger partial charge < -0.3 is 33.5 Å². The first-order valence-electron chi connectivity index (χ1n) is 14.0. The molecule has 1 unspecified atom stereocenters. The molecule has 3 aromatic rings. The van der Waals surface area contributed by atoms with E-state index in [0.29, 0.717) is 73.5 Å². The zero-order valence-corrected chi connectivity index (χ0v) is 23.4. The number of ether oxygens (including phenoxy) is 4. The lowest BCUT2D eigenvalue weighted by molar-refractivity contribution is -0.139. The Balaban J connectivity index is 1.51. The Labute approximate surface area is 239 Å². The number of carbonyl (C=O) groups excluding carboxylic acids is 2. The van der Waals surface area contributed by atoms with Gasteiger partial charge in [-0.15, -0.1) is 0 Å². The summed E-state index contributed by atoms with van der Waals surface area (Å²) in [4.78, 5) is 32.5. The number of benzene rings is 2. The van der Waals surface area contributed by atoms with E-state index in [-0.39, 0.29) is 11.3 Å². The fraction of sp³-hybridized carbons (Fsp3) is 0.387. The van der Waals surface area contributed by atoms with Gasteiger partial charge in [0.15, 0.2) is 23.0 Å². The summed E-state index contributed by atoms with van der Waals surface area (Å²) in [5.41, 5.74) is 0.996. The number of rotatable bonds is 12. The molecule has 2 aliphatic heterocycles. The summed E-state index contributed by atoms with van der Waals surface area (Å²) < 4.78 is 24.8. The highest BCUT2D eigenvalue weighted by Crippen LogP contribution is 2.43. The van der Waals surface area contributed by atoms with Gasteiger partial charge in [0.25, 0.3) is 11.7 Å². The second kappa shape index (κ2) is 12.8. The van der Waals surface area contributed by atoms with Gasteiger partial charge in [-0.05, 0) is 48.7 Å². The Hall–Kier alpha value is -4.47. The van der Waals surface area contributed by atoms with Crippen molar-refractivity contribution in [2.24, 2.45) is 0 Å². The average molecular weight is 562 g/mol. The van der Waals surface area contributed by atoms with Gasteiger partial charge >= 0.3 is 0 Å². The summed E-state index contributed by atoms with van der Waals surface area (Å²) >= 11 is 0. The largest absolute Gasteiger partial charge is 0.507 e. The van der Waals surface area contributed by atoms with Crippen LogP contribution < -0.4 is 18.9 Å². The summed E-state index contributed by atoms with van der Waals surface area (Å²) in [5.74, 6) is 0.406. The molecule has 0 radical (unpaired) electrons.